The predicted molar refractivity (Wildman–Crippen MR) is 59.3 cm³/mol. The first-order valence-electron chi connectivity index (χ1n) is 5.30. The van der Waals surface area contributed by atoms with Gasteiger partial charge in [-0.1, -0.05) is 12.5 Å². The van der Waals surface area contributed by atoms with Gasteiger partial charge in [0.2, 0.25) is 0 Å². The van der Waals surface area contributed by atoms with Crippen molar-refractivity contribution < 1.29 is 0 Å². The zero-order chi connectivity index (χ0) is 9.80. The van der Waals surface area contributed by atoms with Gasteiger partial charge in [-0.15, -0.1) is 17.1 Å². The van der Waals surface area contributed by atoms with Gasteiger partial charge in [0.15, 0.2) is 0 Å². The summed E-state index contributed by atoms with van der Waals surface area (Å²) in [5.41, 5.74) is 9.84. The summed E-state index contributed by atoms with van der Waals surface area (Å²) in [4.78, 5) is 1.39. The van der Waals surface area contributed by atoms with Crippen LogP contribution in [0.2, 0.25) is 0 Å². The summed E-state index contributed by atoms with van der Waals surface area (Å²) >= 11 is 1.79. The first-order valence-corrected chi connectivity index (χ1v) is 6.18. The van der Waals surface area contributed by atoms with Crippen molar-refractivity contribution in [2.24, 2.45) is 5.92 Å². The molecule has 0 aliphatic carbocycles. The lowest BCUT2D eigenvalue weighted by atomic mass is 9.96. The molecule has 0 saturated carbocycles. The van der Waals surface area contributed by atoms with Crippen LogP contribution in [0.1, 0.15) is 24.1 Å². The molecule has 0 spiro atoms. The topological polar surface area (TPSA) is 34.3 Å². The van der Waals surface area contributed by atoms with Crippen LogP contribution in [0.25, 0.3) is 0 Å². The van der Waals surface area contributed by atoms with E-state index in [1.807, 2.05) is 0 Å². The summed E-state index contributed by atoms with van der Waals surface area (Å²) in [7, 11) is 0. The van der Waals surface area contributed by atoms with E-state index in [0.29, 0.717) is 5.92 Å². The largest absolute Gasteiger partial charge is 0.299 e. The minimum Gasteiger partial charge on any atom is -0.299 e. The molecule has 0 amide bonds. The van der Waals surface area contributed by atoms with Crippen molar-refractivity contribution in [1.82, 2.24) is 11.1 Å². The van der Waals surface area contributed by atoms with Crippen LogP contribution in [-0.4, -0.2) is 12.7 Å². The highest BCUT2D eigenvalue weighted by atomic mass is 32.1. The van der Waals surface area contributed by atoms with E-state index >= 15 is 0 Å². The van der Waals surface area contributed by atoms with Crippen molar-refractivity contribution in [3.63, 3.8) is 0 Å². The Labute approximate surface area is 89.5 Å². The summed E-state index contributed by atoms with van der Waals surface area (Å²) in [6, 6.07) is 4.23. The highest BCUT2D eigenvalue weighted by Gasteiger charge is 2.21. The van der Waals surface area contributed by atoms with E-state index in [4.69, 9.17) is 0 Å². The lowest BCUT2D eigenvalue weighted by molar-refractivity contribution is 0.360. The van der Waals surface area contributed by atoms with Crippen LogP contribution >= 0.6 is 11.3 Å². The second kappa shape index (κ2) is 4.91. The Hall–Kier alpha value is -0.380. The normalized spacial score (nSPS) is 28.6. The van der Waals surface area contributed by atoms with Crippen molar-refractivity contribution >= 4 is 11.3 Å². The van der Waals surface area contributed by atoms with Crippen molar-refractivity contribution in [1.29, 1.82) is 0 Å². The molecule has 2 heterocycles. The summed E-state index contributed by atoms with van der Waals surface area (Å²) in [5.74, 6) is 0.399. The van der Waals surface area contributed by atoms with E-state index in [9.17, 15) is 5.73 Å². The molecule has 0 bridgehead atoms. The third-order valence-electron chi connectivity index (χ3n) is 2.85. The fraction of sp³-hybridized carbons (Fsp3) is 0.636. The zero-order valence-corrected chi connectivity index (χ0v) is 9.09. The van der Waals surface area contributed by atoms with Gasteiger partial charge in [-0.25, -0.2) is 0 Å². The highest BCUT2D eigenvalue weighted by molar-refractivity contribution is 7.09. The first-order chi connectivity index (χ1) is 6.86. The zero-order valence-electron chi connectivity index (χ0n) is 8.28. The van der Waals surface area contributed by atoms with Crippen LogP contribution in [0.5, 0.6) is 0 Å². The van der Waals surface area contributed by atoms with Gasteiger partial charge in [0.25, 0.3) is 0 Å². The second-order valence-corrected chi connectivity index (χ2v) is 4.97. The maximum absolute atomic E-state index is 9.84. The third kappa shape index (κ3) is 2.56. The fourth-order valence-corrected chi connectivity index (χ4v) is 2.81. The van der Waals surface area contributed by atoms with E-state index in [2.05, 4.69) is 22.8 Å². The van der Waals surface area contributed by atoms with Crippen LogP contribution < -0.4 is 11.1 Å². The molecule has 2 unspecified atom stereocenters. The Morgan fingerprint density at radius 1 is 1.50 bits per heavy atom. The number of hydrogen-bond acceptors (Lipinski definition) is 2. The molecule has 3 heteroatoms. The molecule has 14 heavy (non-hydrogen) atoms. The smallest absolute Gasteiger partial charge is 0.0958 e. The molecule has 1 aromatic heterocycles. The molecule has 1 saturated heterocycles. The van der Waals surface area contributed by atoms with Crippen LogP contribution in [0.3, 0.4) is 0 Å². The van der Waals surface area contributed by atoms with Crippen molar-refractivity contribution in [2.75, 3.05) is 6.54 Å². The molecule has 2 rings (SSSR count). The average Bonchev–Trinajstić information content (AvgIpc) is 2.60. The molecule has 2 atom stereocenters. The van der Waals surface area contributed by atoms with Gasteiger partial charge in [0.1, 0.15) is 0 Å². The molecule has 1 aliphatic rings. The number of hydrogen-bond donors (Lipinski definition) is 1. The van der Waals surface area contributed by atoms with Gasteiger partial charge in [-0.2, -0.15) is 0 Å². The molecular weight excluding hydrogens is 192 g/mol. The number of thiophene rings is 1. The summed E-state index contributed by atoms with van der Waals surface area (Å²) in [5, 5.41) is 5.27. The molecule has 1 fully saturated rings. The van der Waals surface area contributed by atoms with Crippen molar-refractivity contribution in [3.8, 4) is 0 Å². The van der Waals surface area contributed by atoms with Crippen molar-refractivity contribution in [3.05, 3.63) is 22.4 Å². The van der Waals surface area contributed by atoms with Crippen LogP contribution in [0.15, 0.2) is 17.5 Å². The Morgan fingerprint density at radius 2 is 2.43 bits per heavy atom. The number of nitrogens with zero attached hydrogens (tertiary/aromatic N) is 1. The van der Waals surface area contributed by atoms with Gasteiger partial charge in [-0.3, -0.25) is 5.32 Å². The van der Waals surface area contributed by atoms with Gasteiger partial charge in [0.05, 0.1) is 6.17 Å². The fourth-order valence-electron chi connectivity index (χ4n) is 2.01. The molecule has 76 valence electrons. The second-order valence-electron chi connectivity index (χ2n) is 3.94. The Bertz CT molecular complexity index is 258. The number of nitrogens with one attached hydrogen (secondary N) is 1. The minimum atomic E-state index is -0.306. The quantitative estimate of drug-likeness (QED) is 0.793. The van der Waals surface area contributed by atoms with Gasteiger partial charge < -0.3 is 0 Å². The Morgan fingerprint density at radius 3 is 3.21 bits per heavy atom. The molecule has 1 aliphatic heterocycles. The first kappa shape index (κ1) is 10.1. The Kier molecular flexibility index (Phi) is 3.56. The monoisotopic (exact) mass is 208 g/mol. The van der Waals surface area contributed by atoms with E-state index < -0.39 is 0 Å². The van der Waals surface area contributed by atoms with Crippen LogP contribution in [0, 0.1) is 5.92 Å². The molecule has 1 N–H and O–H groups in total. The predicted octanol–water partition coefficient (Wildman–Crippen LogP) is 2.08. The van der Waals surface area contributed by atoms with E-state index in [0.717, 1.165) is 19.4 Å². The third-order valence-corrected chi connectivity index (χ3v) is 3.74. The van der Waals surface area contributed by atoms with E-state index in [1.54, 1.807) is 11.3 Å². The standard InChI is InChI=1S/C11H16N2S/c12-11-9(4-1-2-6-13-11)8-10-5-3-7-14-10/h3,5,7,9,11,13H,1-2,4,6,8H2. The summed E-state index contributed by atoms with van der Waals surface area (Å²) in [6.07, 6.45) is 4.29. The molecule has 1 aromatic rings. The molecule has 2 radical (unpaired) electrons. The lowest BCUT2D eigenvalue weighted by Gasteiger charge is -2.18. The van der Waals surface area contributed by atoms with Crippen molar-refractivity contribution in [2.45, 2.75) is 31.8 Å². The van der Waals surface area contributed by atoms with Gasteiger partial charge in [0, 0.05) is 4.88 Å². The van der Waals surface area contributed by atoms with E-state index in [1.165, 1.54) is 17.7 Å². The molecule has 2 nitrogen and oxygen atoms in total. The van der Waals surface area contributed by atoms with Gasteiger partial charge >= 0.3 is 0 Å². The van der Waals surface area contributed by atoms with E-state index in [-0.39, 0.29) is 6.17 Å². The maximum Gasteiger partial charge on any atom is 0.0958 e. The average molecular weight is 208 g/mol. The minimum absolute atomic E-state index is 0.306. The maximum atomic E-state index is 9.84. The highest BCUT2D eigenvalue weighted by Crippen LogP contribution is 2.22. The number of rotatable bonds is 2. The van der Waals surface area contributed by atoms with Crippen LogP contribution in [-0.2, 0) is 6.42 Å². The Balaban J connectivity index is 1.94. The SMILES string of the molecule is [N]C1NCCCCC1Cc1cccs1. The lowest BCUT2D eigenvalue weighted by Crippen LogP contribution is -2.36. The van der Waals surface area contributed by atoms with Gasteiger partial charge in [-0.05, 0) is 43.2 Å². The summed E-state index contributed by atoms with van der Waals surface area (Å²) < 4.78 is 0. The van der Waals surface area contributed by atoms with Crippen LogP contribution in [0.4, 0.5) is 0 Å². The summed E-state index contributed by atoms with van der Waals surface area (Å²) in [6.45, 7) is 0.960. The molecular formula is C11H16N2S. The molecule has 0 aromatic carbocycles.